The van der Waals surface area contributed by atoms with E-state index in [1.54, 1.807) is 23.1 Å². The molecule has 0 aliphatic carbocycles. The third kappa shape index (κ3) is 6.42. The number of rotatable bonds is 8. The summed E-state index contributed by atoms with van der Waals surface area (Å²) in [5, 5.41) is 12.5. The first kappa shape index (κ1) is 13.9. The smallest absolute Gasteiger partial charge is 0.174 e. The van der Waals surface area contributed by atoms with Gasteiger partial charge in [-0.15, -0.1) is 10.2 Å². The van der Waals surface area contributed by atoms with E-state index in [9.17, 15) is 0 Å². The molecule has 0 atom stereocenters. The molecule has 0 amide bonds. The second-order valence-electron chi connectivity index (χ2n) is 3.84. The summed E-state index contributed by atoms with van der Waals surface area (Å²) in [5.41, 5.74) is 0. The Hall–Kier alpha value is -0.170. The lowest BCUT2D eigenvalue weighted by Crippen LogP contribution is -2.23. The van der Waals surface area contributed by atoms with Crippen LogP contribution in [0.1, 0.15) is 11.4 Å². The van der Waals surface area contributed by atoms with Gasteiger partial charge < -0.3 is 10.2 Å². The van der Waals surface area contributed by atoms with Crippen LogP contribution in [0.4, 0.5) is 0 Å². The van der Waals surface area contributed by atoms with Gasteiger partial charge in [0.1, 0.15) is 5.01 Å². The van der Waals surface area contributed by atoms with E-state index in [4.69, 9.17) is 0 Å². The van der Waals surface area contributed by atoms with E-state index in [0.717, 1.165) is 34.7 Å². The van der Waals surface area contributed by atoms with Crippen molar-refractivity contribution < 1.29 is 0 Å². The SMILES string of the molecule is Cc1nnc(SCCNCCCN(C)C)s1. The molecule has 1 rings (SSSR count). The van der Waals surface area contributed by atoms with E-state index in [1.807, 2.05) is 6.92 Å². The van der Waals surface area contributed by atoms with Gasteiger partial charge in [0.15, 0.2) is 4.34 Å². The number of nitrogens with zero attached hydrogens (tertiary/aromatic N) is 3. The highest BCUT2D eigenvalue weighted by molar-refractivity contribution is 8.01. The Balaban J connectivity index is 1.92. The van der Waals surface area contributed by atoms with Crippen LogP contribution in [-0.2, 0) is 0 Å². The Morgan fingerprint density at radius 1 is 1.31 bits per heavy atom. The van der Waals surface area contributed by atoms with Gasteiger partial charge >= 0.3 is 0 Å². The molecule has 16 heavy (non-hydrogen) atoms. The number of thioether (sulfide) groups is 1. The van der Waals surface area contributed by atoms with E-state index in [0.29, 0.717) is 0 Å². The van der Waals surface area contributed by atoms with Crippen LogP contribution < -0.4 is 5.32 Å². The van der Waals surface area contributed by atoms with Crippen LogP contribution in [0.25, 0.3) is 0 Å². The molecule has 0 spiro atoms. The molecule has 0 unspecified atom stereocenters. The van der Waals surface area contributed by atoms with Gasteiger partial charge in [0.25, 0.3) is 0 Å². The summed E-state index contributed by atoms with van der Waals surface area (Å²) in [6.07, 6.45) is 1.20. The second kappa shape index (κ2) is 8.00. The first-order valence-electron chi connectivity index (χ1n) is 5.47. The maximum absolute atomic E-state index is 4.07. The van der Waals surface area contributed by atoms with Gasteiger partial charge in [0.05, 0.1) is 0 Å². The average molecular weight is 260 g/mol. The predicted octanol–water partition coefficient (Wildman–Crippen LogP) is 1.48. The molecule has 92 valence electrons. The topological polar surface area (TPSA) is 41.1 Å². The zero-order valence-electron chi connectivity index (χ0n) is 10.2. The number of nitrogens with one attached hydrogen (secondary N) is 1. The molecule has 6 heteroatoms. The van der Waals surface area contributed by atoms with Crippen molar-refractivity contribution >= 4 is 23.1 Å². The first-order valence-corrected chi connectivity index (χ1v) is 7.27. The Labute approximate surface area is 106 Å². The summed E-state index contributed by atoms with van der Waals surface area (Å²) in [5.74, 6) is 1.07. The van der Waals surface area contributed by atoms with Crippen molar-refractivity contribution in [1.82, 2.24) is 20.4 Å². The van der Waals surface area contributed by atoms with Crippen LogP contribution in [0.15, 0.2) is 4.34 Å². The first-order chi connectivity index (χ1) is 7.68. The number of hydrogen-bond acceptors (Lipinski definition) is 6. The molecule has 0 aromatic carbocycles. The molecule has 0 saturated carbocycles. The van der Waals surface area contributed by atoms with Crippen molar-refractivity contribution in [3.63, 3.8) is 0 Å². The van der Waals surface area contributed by atoms with Crippen molar-refractivity contribution in [2.75, 3.05) is 39.5 Å². The number of hydrogen-bond donors (Lipinski definition) is 1. The van der Waals surface area contributed by atoms with Gasteiger partial charge in [-0.2, -0.15) is 0 Å². The maximum Gasteiger partial charge on any atom is 0.174 e. The molecule has 0 aliphatic rings. The van der Waals surface area contributed by atoms with Gasteiger partial charge in [-0.05, 0) is 40.5 Å². The van der Waals surface area contributed by atoms with Crippen LogP contribution >= 0.6 is 23.1 Å². The normalized spacial score (nSPS) is 11.2. The average Bonchev–Trinajstić information content (AvgIpc) is 2.62. The minimum Gasteiger partial charge on any atom is -0.316 e. The fraction of sp³-hybridized carbons (Fsp3) is 0.800. The zero-order valence-corrected chi connectivity index (χ0v) is 11.8. The molecule has 1 aromatic heterocycles. The predicted molar refractivity (Wildman–Crippen MR) is 71.4 cm³/mol. The van der Waals surface area contributed by atoms with E-state index < -0.39 is 0 Å². The molecule has 0 aliphatic heterocycles. The molecular formula is C10H20N4S2. The Bertz CT molecular complexity index is 288. The highest BCUT2D eigenvalue weighted by Gasteiger charge is 1.99. The van der Waals surface area contributed by atoms with E-state index >= 15 is 0 Å². The largest absolute Gasteiger partial charge is 0.316 e. The monoisotopic (exact) mass is 260 g/mol. The summed E-state index contributed by atoms with van der Waals surface area (Å²) in [6.45, 7) is 5.27. The molecular weight excluding hydrogens is 240 g/mol. The second-order valence-corrected chi connectivity index (χ2v) is 6.37. The van der Waals surface area contributed by atoms with Gasteiger partial charge in [0.2, 0.25) is 0 Å². The fourth-order valence-corrected chi connectivity index (χ4v) is 2.98. The lowest BCUT2D eigenvalue weighted by molar-refractivity contribution is 0.396. The summed E-state index contributed by atoms with van der Waals surface area (Å²) >= 11 is 3.44. The number of aromatic nitrogens is 2. The minimum atomic E-state index is 1.04. The third-order valence-corrected chi connectivity index (χ3v) is 3.94. The molecule has 1 aromatic rings. The molecule has 1 N–H and O–H groups in total. The van der Waals surface area contributed by atoms with Crippen molar-refractivity contribution in [2.45, 2.75) is 17.7 Å². The molecule has 0 radical (unpaired) electrons. The van der Waals surface area contributed by atoms with Gasteiger partial charge in [-0.1, -0.05) is 23.1 Å². The summed E-state index contributed by atoms with van der Waals surface area (Å²) < 4.78 is 1.08. The van der Waals surface area contributed by atoms with E-state index in [-0.39, 0.29) is 0 Å². The third-order valence-electron chi connectivity index (χ3n) is 1.97. The maximum atomic E-state index is 4.07. The number of aryl methyl sites for hydroxylation is 1. The van der Waals surface area contributed by atoms with Crippen LogP contribution in [0, 0.1) is 6.92 Å². The molecule has 4 nitrogen and oxygen atoms in total. The summed E-state index contributed by atoms with van der Waals surface area (Å²) in [7, 11) is 4.21. The molecule has 0 fully saturated rings. The van der Waals surface area contributed by atoms with Crippen LogP contribution in [0.2, 0.25) is 0 Å². The molecule has 0 bridgehead atoms. The van der Waals surface area contributed by atoms with Crippen molar-refractivity contribution in [2.24, 2.45) is 0 Å². The Morgan fingerprint density at radius 2 is 2.12 bits per heavy atom. The lowest BCUT2D eigenvalue weighted by atomic mass is 10.4. The zero-order chi connectivity index (χ0) is 11.8. The van der Waals surface area contributed by atoms with Gasteiger partial charge in [-0.25, -0.2) is 0 Å². The van der Waals surface area contributed by atoms with Gasteiger partial charge in [-0.3, -0.25) is 0 Å². The lowest BCUT2D eigenvalue weighted by Gasteiger charge is -2.09. The summed E-state index contributed by atoms with van der Waals surface area (Å²) in [6, 6.07) is 0. The van der Waals surface area contributed by atoms with Crippen molar-refractivity contribution in [3.8, 4) is 0 Å². The fourth-order valence-electron chi connectivity index (χ4n) is 1.19. The highest BCUT2D eigenvalue weighted by atomic mass is 32.2. The standard InChI is InChI=1S/C10H20N4S2/c1-9-12-13-10(16-9)15-8-6-11-5-4-7-14(2)3/h11H,4-8H2,1-3H3. The van der Waals surface area contributed by atoms with Crippen LogP contribution in [0.5, 0.6) is 0 Å². The Morgan fingerprint density at radius 3 is 2.75 bits per heavy atom. The van der Waals surface area contributed by atoms with Crippen LogP contribution in [-0.4, -0.2) is 54.6 Å². The summed E-state index contributed by atoms with van der Waals surface area (Å²) in [4.78, 5) is 2.21. The quantitative estimate of drug-likeness (QED) is 0.566. The molecule has 0 saturated heterocycles. The van der Waals surface area contributed by atoms with E-state index in [1.165, 1.54) is 6.42 Å². The Kier molecular flexibility index (Phi) is 6.95. The highest BCUT2D eigenvalue weighted by Crippen LogP contribution is 2.20. The molecule has 1 heterocycles. The minimum absolute atomic E-state index is 1.04. The van der Waals surface area contributed by atoms with Gasteiger partial charge in [0, 0.05) is 12.3 Å². The van der Waals surface area contributed by atoms with E-state index in [2.05, 4.69) is 34.5 Å². The van der Waals surface area contributed by atoms with Crippen LogP contribution in [0.3, 0.4) is 0 Å². The van der Waals surface area contributed by atoms with Crippen molar-refractivity contribution in [1.29, 1.82) is 0 Å². The van der Waals surface area contributed by atoms with Crippen molar-refractivity contribution in [3.05, 3.63) is 5.01 Å².